The van der Waals surface area contributed by atoms with Gasteiger partial charge in [-0.15, -0.1) is 0 Å². The zero-order chi connectivity index (χ0) is 16.9. The molecular weight excluding hydrogens is 300 g/mol. The van der Waals surface area contributed by atoms with E-state index in [9.17, 15) is 0 Å². The summed E-state index contributed by atoms with van der Waals surface area (Å²) >= 11 is 0. The molecule has 130 valence electrons. The van der Waals surface area contributed by atoms with Gasteiger partial charge in [-0.25, -0.2) is 9.97 Å². The predicted octanol–water partition coefficient (Wildman–Crippen LogP) is 2.53. The standard InChI is InChI=1S/C18H28N6/c1-4-24-14-16(12-20-24)13-22-8-5-9-23(11-10-22)17-6-7-19-18(21-17)15(2)3/h6-7,12,14-15H,4-5,8-11,13H2,1-3H3. The van der Waals surface area contributed by atoms with Crippen LogP contribution in [-0.2, 0) is 13.1 Å². The Morgan fingerprint density at radius 3 is 2.79 bits per heavy atom. The smallest absolute Gasteiger partial charge is 0.133 e. The van der Waals surface area contributed by atoms with E-state index in [1.54, 1.807) is 0 Å². The third kappa shape index (κ3) is 4.12. The van der Waals surface area contributed by atoms with Crippen molar-refractivity contribution in [2.45, 2.75) is 46.2 Å². The molecule has 0 aromatic carbocycles. The molecule has 0 bridgehead atoms. The average molecular weight is 328 g/mol. The molecule has 2 aromatic heterocycles. The third-order valence-corrected chi connectivity index (χ3v) is 4.51. The molecular formula is C18H28N6. The fourth-order valence-corrected chi connectivity index (χ4v) is 3.10. The number of rotatable bonds is 5. The lowest BCUT2D eigenvalue weighted by Crippen LogP contribution is -2.31. The molecule has 0 amide bonds. The molecule has 24 heavy (non-hydrogen) atoms. The molecule has 0 radical (unpaired) electrons. The predicted molar refractivity (Wildman–Crippen MR) is 96.1 cm³/mol. The highest BCUT2D eigenvalue weighted by atomic mass is 15.3. The van der Waals surface area contributed by atoms with E-state index in [1.165, 1.54) is 5.56 Å². The Balaban J connectivity index is 1.61. The first-order chi connectivity index (χ1) is 11.7. The van der Waals surface area contributed by atoms with Gasteiger partial charge in [-0.05, 0) is 19.4 Å². The average Bonchev–Trinajstić information content (AvgIpc) is 2.92. The molecule has 3 heterocycles. The van der Waals surface area contributed by atoms with Crippen molar-refractivity contribution in [2.75, 3.05) is 31.1 Å². The Bertz CT molecular complexity index is 650. The molecule has 0 N–H and O–H groups in total. The first-order valence-corrected chi connectivity index (χ1v) is 8.97. The van der Waals surface area contributed by atoms with Crippen LogP contribution in [0.25, 0.3) is 0 Å². The normalized spacial score (nSPS) is 16.6. The van der Waals surface area contributed by atoms with E-state index in [4.69, 9.17) is 4.98 Å². The van der Waals surface area contributed by atoms with Crippen molar-refractivity contribution in [3.8, 4) is 0 Å². The Labute approximate surface area is 144 Å². The van der Waals surface area contributed by atoms with Crippen LogP contribution in [0, 0.1) is 0 Å². The first kappa shape index (κ1) is 16.9. The van der Waals surface area contributed by atoms with E-state index >= 15 is 0 Å². The summed E-state index contributed by atoms with van der Waals surface area (Å²) in [5.74, 6) is 2.36. The highest BCUT2D eigenvalue weighted by molar-refractivity contribution is 5.38. The van der Waals surface area contributed by atoms with Crippen molar-refractivity contribution in [3.05, 3.63) is 36.0 Å². The quantitative estimate of drug-likeness (QED) is 0.844. The number of nitrogens with zero attached hydrogens (tertiary/aromatic N) is 6. The molecule has 0 unspecified atom stereocenters. The molecule has 0 spiro atoms. The molecule has 1 fully saturated rings. The lowest BCUT2D eigenvalue weighted by atomic mass is 10.2. The van der Waals surface area contributed by atoms with Gasteiger partial charge in [-0.2, -0.15) is 5.10 Å². The fourth-order valence-electron chi connectivity index (χ4n) is 3.10. The van der Waals surface area contributed by atoms with Crippen molar-refractivity contribution in [1.82, 2.24) is 24.6 Å². The van der Waals surface area contributed by atoms with Crippen LogP contribution in [0.2, 0.25) is 0 Å². The van der Waals surface area contributed by atoms with Crippen LogP contribution < -0.4 is 4.90 Å². The minimum Gasteiger partial charge on any atom is -0.355 e. The van der Waals surface area contributed by atoms with Crippen molar-refractivity contribution in [1.29, 1.82) is 0 Å². The van der Waals surface area contributed by atoms with Crippen LogP contribution in [0.15, 0.2) is 24.7 Å². The molecule has 1 aliphatic heterocycles. The molecule has 0 saturated carbocycles. The van der Waals surface area contributed by atoms with Gasteiger partial charge in [-0.1, -0.05) is 13.8 Å². The van der Waals surface area contributed by atoms with Gasteiger partial charge in [0.2, 0.25) is 0 Å². The largest absolute Gasteiger partial charge is 0.355 e. The summed E-state index contributed by atoms with van der Waals surface area (Å²) in [6.07, 6.45) is 7.19. The molecule has 2 aromatic rings. The highest BCUT2D eigenvalue weighted by Gasteiger charge is 2.17. The second-order valence-electron chi connectivity index (χ2n) is 6.75. The summed E-state index contributed by atoms with van der Waals surface area (Å²) in [5, 5.41) is 4.37. The Hall–Kier alpha value is -1.95. The van der Waals surface area contributed by atoms with E-state index in [0.717, 1.165) is 57.3 Å². The summed E-state index contributed by atoms with van der Waals surface area (Å²) in [4.78, 5) is 14.0. The molecule has 6 nitrogen and oxygen atoms in total. The van der Waals surface area contributed by atoms with E-state index in [1.807, 2.05) is 23.1 Å². The van der Waals surface area contributed by atoms with Crippen LogP contribution in [0.3, 0.4) is 0 Å². The third-order valence-electron chi connectivity index (χ3n) is 4.51. The van der Waals surface area contributed by atoms with Crippen molar-refractivity contribution < 1.29 is 0 Å². The van der Waals surface area contributed by atoms with Gasteiger partial charge in [0.1, 0.15) is 11.6 Å². The molecule has 3 rings (SSSR count). The van der Waals surface area contributed by atoms with Gasteiger partial charge in [0.25, 0.3) is 0 Å². The molecule has 1 saturated heterocycles. The Morgan fingerprint density at radius 1 is 1.17 bits per heavy atom. The zero-order valence-electron chi connectivity index (χ0n) is 15.0. The maximum atomic E-state index is 4.74. The number of hydrogen-bond donors (Lipinski definition) is 0. The lowest BCUT2D eigenvalue weighted by molar-refractivity contribution is 0.285. The van der Waals surface area contributed by atoms with Gasteiger partial charge < -0.3 is 4.90 Å². The topological polar surface area (TPSA) is 50.1 Å². The van der Waals surface area contributed by atoms with Gasteiger partial charge in [0.05, 0.1) is 6.20 Å². The zero-order valence-corrected chi connectivity index (χ0v) is 15.0. The summed E-state index contributed by atoms with van der Waals surface area (Å²) < 4.78 is 1.99. The second-order valence-corrected chi connectivity index (χ2v) is 6.75. The minimum atomic E-state index is 0.364. The molecule has 0 atom stereocenters. The van der Waals surface area contributed by atoms with E-state index in [0.29, 0.717) is 5.92 Å². The van der Waals surface area contributed by atoms with Crippen LogP contribution in [-0.4, -0.2) is 50.8 Å². The molecule has 1 aliphatic rings. The van der Waals surface area contributed by atoms with Gasteiger partial charge in [0.15, 0.2) is 0 Å². The maximum absolute atomic E-state index is 4.74. The van der Waals surface area contributed by atoms with Gasteiger partial charge in [0, 0.05) is 63.1 Å². The van der Waals surface area contributed by atoms with Crippen molar-refractivity contribution in [2.24, 2.45) is 0 Å². The maximum Gasteiger partial charge on any atom is 0.133 e. The Kier molecular flexibility index (Phi) is 5.45. The SMILES string of the molecule is CCn1cc(CN2CCCN(c3ccnc(C(C)C)n3)CC2)cn1. The first-order valence-electron chi connectivity index (χ1n) is 8.97. The van der Waals surface area contributed by atoms with Crippen molar-refractivity contribution >= 4 is 5.82 Å². The Morgan fingerprint density at radius 2 is 2.04 bits per heavy atom. The summed E-state index contributed by atoms with van der Waals surface area (Å²) in [5.41, 5.74) is 1.30. The monoisotopic (exact) mass is 328 g/mol. The van der Waals surface area contributed by atoms with Crippen LogP contribution in [0.5, 0.6) is 0 Å². The molecule has 0 aliphatic carbocycles. The van der Waals surface area contributed by atoms with Gasteiger partial charge in [-0.3, -0.25) is 9.58 Å². The highest BCUT2D eigenvalue weighted by Crippen LogP contribution is 2.17. The summed E-state index contributed by atoms with van der Waals surface area (Å²) in [6, 6.07) is 2.03. The van der Waals surface area contributed by atoms with Gasteiger partial charge >= 0.3 is 0 Å². The number of hydrogen-bond acceptors (Lipinski definition) is 5. The van der Waals surface area contributed by atoms with E-state index < -0.39 is 0 Å². The van der Waals surface area contributed by atoms with Crippen molar-refractivity contribution in [3.63, 3.8) is 0 Å². The fraction of sp³-hybridized carbons (Fsp3) is 0.611. The summed E-state index contributed by atoms with van der Waals surface area (Å²) in [6.45, 7) is 12.5. The minimum absolute atomic E-state index is 0.364. The number of aryl methyl sites for hydroxylation is 1. The van der Waals surface area contributed by atoms with Crippen LogP contribution >= 0.6 is 0 Å². The summed E-state index contributed by atoms with van der Waals surface area (Å²) in [7, 11) is 0. The number of anilines is 1. The molecule has 6 heteroatoms. The van der Waals surface area contributed by atoms with E-state index in [2.05, 4.69) is 46.9 Å². The lowest BCUT2D eigenvalue weighted by Gasteiger charge is -2.23. The van der Waals surface area contributed by atoms with E-state index in [-0.39, 0.29) is 0 Å². The number of aromatic nitrogens is 4. The van der Waals surface area contributed by atoms with Crippen LogP contribution in [0.1, 0.15) is 44.5 Å². The van der Waals surface area contributed by atoms with Crippen LogP contribution in [0.4, 0.5) is 5.82 Å². The second kappa shape index (κ2) is 7.75.